The van der Waals surface area contributed by atoms with E-state index in [2.05, 4.69) is 53.7 Å². The molecule has 0 unspecified atom stereocenters. The van der Waals surface area contributed by atoms with Crippen molar-refractivity contribution in [3.8, 4) is 0 Å². The van der Waals surface area contributed by atoms with Gasteiger partial charge in [-0.05, 0) is 55.7 Å². The minimum atomic E-state index is -0.176. The lowest BCUT2D eigenvalue weighted by molar-refractivity contribution is 0.0946. The number of carbonyl (C=O) groups is 1. The summed E-state index contributed by atoms with van der Waals surface area (Å²) in [5, 5.41) is 6.26. The molecular formula is C22H23N3O. The topological polar surface area (TPSA) is 54.0 Å². The van der Waals surface area contributed by atoms with Crippen molar-refractivity contribution in [2.45, 2.75) is 27.3 Å². The minimum absolute atomic E-state index is 0.176. The van der Waals surface area contributed by atoms with E-state index in [-0.39, 0.29) is 5.91 Å². The molecule has 1 amide bonds. The Labute approximate surface area is 154 Å². The lowest BCUT2D eigenvalue weighted by Crippen LogP contribution is -2.23. The fourth-order valence-electron chi connectivity index (χ4n) is 2.72. The van der Waals surface area contributed by atoms with Crippen molar-refractivity contribution in [2.75, 3.05) is 5.32 Å². The molecule has 4 heteroatoms. The zero-order valence-corrected chi connectivity index (χ0v) is 15.3. The van der Waals surface area contributed by atoms with Gasteiger partial charge < -0.3 is 10.6 Å². The first-order chi connectivity index (χ1) is 12.5. The van der Waals surface area contributed by atoms with Gasteiger partial charge >= 0.3 is 0 Å². The molecule has 0 radical (unpaired) electrons. The van der Waals surface area contributed by atoms with Gasteiger partial charge in [-0.1, -0.05) is 42.0 Å². The highest BCUT2D eigenvalue weighted by Gasteiger charge is 2.07. The van der Waals surface area contributed by atoms with Crippen LogP contribution in [0.5, 0.6) is 0 Å². The van der Waals surface area contributed by atoms with E-state index >= 15 is 0 Å². The monoisotopic (exact) mass is 345 g/mol. The van der Waals surface area contributed by atoms with Gasteiger partial charge in [0, 0.05) is 12.2 Å². The minimum Gasteiger partial charge on any atom is -0.354 e. The first kappa shape index (κ1) is 17.7. The van der Waals surface area contributed by atoms with Crippen LogP contribution < -0.4 is 10.6 Å². The average Bonchev–Trinajstić information content (AvgIpc) is 2.63. The standard InChI is InChI=1S/C22H23N3O/c1-15-5-4-6-18(11-15)13-24-22(26)20-10-9-19(14-23-20)25-21-12-16(2)7-8-17(21)3/h4-12,14,25H,13H2,1-3H3,(H,24,26). The van der Waals surface area contributed by atoms with Crippen molar-refractivity contribution < 1.29 is 4.79 Å². The van der Waals surface area contributed by atoms with E-state index in [0.29, 0.717) is 12.2 Å². The molecule has 26 heavy (non-hydrogen) atoms. The van der Waals surface area contributed by atoms with Gasteiger partial charge in [0.15, 0.2) is 0 Å². The molecule has 0 saturated heterocycles. The maximum absolute atomic E-state index is 12.3. The van der Waals surface area contributed by atoms with E-state index in [1.54, 1.807) is 12.3 Å². The Bertz CT molecular complexity index is 917. The molecule has 0 fully saturated rings. The molecule has 1 aromatic heterocycles. The highest BCUT2D eigenvalue weighted by molar-refractivity contribution is 5.92. The molecule has 2 aromatic carbocycles. The Morgan fingerprint density at radius 2 is 1.77 bits per heavy atom. The fourth-order valence-corrected chi connectivity index (χ4v) is 2.72. The Morgan fingerprint density at radius 3 is 2.50 bits per heavy atom. The number of aryl methyl sites for hydroxylation is 3. The number of amides is 1. The molecule has 0 saturated carbocycles. The first-order valence-electron chi connectivity index (χ1n) is 8.65. The van der Waals surface area contributed by atoms with Gasteiger partial charge in [0.05, 0.1) is 11.9 Å². The summed E-state index contributed by atoms with van der Waals surface area (Å²) >= 11 is 0. The van der Waals surface area contributed by atoms with Gasteiger partial charge in [-0.3, -0.25) is 4.79 Å². The number of aromatic nitrogens is 1. The first-order valence-corrected chi connectivity index (χ1v) is 8.65. The SMILES string of the molecule is Cc1cccc(CNC(=O)c2ccc(Nc3cc(C)ccc3C)cn2)c1. The maximum Gasteiger partial charge on any atom is 0.270 e. The van der Waals surface area contributed by atoms with Crippen LogP contribution in [0.4, 0.5) is 11.4 Å². The number of hydrogen-bond donors (Lipinski definition) is 2. The van der Waals surface area contributed by atoms with Crippen molar-refractivity contribution >= 4 is 17.3 Å². The molecule has 2 N–H and O–H groups in total. The van der Waals surface area contributed by atoms with Crippen LogP contribution in [0, 0.1) is 20.8 Å². The van der Waals surface area contributed by atoms with Gasteiger partial charge in [0.1, 0.15) is 5.69 Å². The number of hydrogen-bond acceptors (Lipinski definition) is 3. The number of benzene rings is 2. The molecule has 132 valence electrons. The average molecular weight is 345 g/mol. The second-order valence-electron chi connectivity index (χ2n) is 6.55. The summed E-state index contributed by atoms with van der Waals surface area (Å²) < 4.78 is 0. The quantitative estimate of drug-likeness (QED) is 0.706. The van der Waals surface area contributed by atoms with Crippen molar-refractivity contribution in [3.63, 3.8) is 0 Å². The summed E-state index contributed by atoms with van der Waals surface area (Å²) in [5.74, 6) is -0.176. The van der Waals surface area contributed by atoms with Crippen molar-refractivity contribution in [1.29, 1.82) is 0 Å². The number of anilines is 2. The lowest BCUT2D eigenvalue weighted by Gasteiger charge is -2.11. The summed E-state index contributed by atoms with van der Waals surface area (Å²) in [6.07, 6.45) is 1.68. The van der Waals surface area contributed by atoms with Crippen LogP contribution in [-0.2, 0) is 6.54 Å². The molecule has 0 spiro atoms. The third-order valence-electron chi connectivity index (χ3n) is 4.20. The van der Waals surface area contributed by atoms with E-state index in [4.69, 9.17) is 0 Å². The third-order valence-corrected chi connectivity index (χ3v) is 4.20. The van der Waals surface area contributed by atoms with Crippen LogP contribution in [0.1, 0.15) is 32.7 Å². The molecule has 1 heterocycles. The normalized spacial score (nSPS) is 10.4. The van der Waals surface area contributed by atoms with Crippen molar-refractivity contribution in [3.05, 3.63) is 88.7 Å². The molecule has 0 aliphatic heterocycles. The van der Waals surface area contributed by atoms with Crippen LogP contribution >= 0.6 is 0 Å². The third kappa shape index (κ3) is 4.48. The largest absolute Gasteiger partial charge is 0.354 e. The van der Waals surface area contributed by atoms with Crippen LogP contribution in [-0.4, -0.2) is 10.9 Å². The fraction of sp³-hybridized carbons (Fsp3) is 0.182. The highest BCUT2D eigenvalue weighted by Crippen LogP contribution is 2.21. The summed E-state index contributed by atoms with van der Waals surface area (Å²) in [6, 6.07) is 18.0. The molecule has 3 rings (SSSR count). The number of carbonyl (C=O) groups excluding carboxylic acids is 1. The van der Waals surface area contributed by atoms with E-state index in [9.17, 15) is 4.79 Å². The van der Waals surface area contributed by atoms with Gasteiger partial charge in [-0.25, -0.2) is 4.98 Å². The van der Waals surface area contributed by atoms with Gasteiger partial charge in [-0.15, -0.1) is 0 Å². The Balaban J connectivity index is 1.63. The van der Waals surface area contributed by atoms with E-state index in [0.717, 1.165) is 22.5 Å². The van der Waals surface area contributed by atoms with E-state index in [1.807, 2.05) is 31.2 Å². The zero-order chi connectivity index (χ0) is 18.5. The number of rotatable bonds is 5. The Kier molecular flexibility index (Phi) is 5.32. The van der Waals surface area contributed by atoms with Crippen molar-refractivity contribution in [2.24, 2.45) is 0 Å². The summed E-state index contributed by atoms with van der Waals surface area (Å²) in [5.41, 5.74) is 6.92. The molecule has 0 aliphatic carbocycles. The van der Waals surface area contributed by atoms with Crippen LogP contribution in [0.15, 0.2) is 60.8 Å². The predicted molar refractivity (Wildman–Crippen MR) is 106 cm³/mol. The van der Waals surface area contributed by atoms with Gasteiger partial charge in [0.25, 0.3) is 5.91 Å². The molecule has 0 bridgehead atoms. The highest BCUT2D eigenvalue weighted by atomic mass is 16.1. The second kappa shape index (κ2) is 7.83. The predicted octanol–water partition coefficient (Wildman–Crippen LogP) is 4.68. The van der Waals surface area contributed by atoms with E-state index in [1.165, 1.54) is 11.1 Å². The number of nitrogens with one attached hydrogen (secondary N) is 2. The number of nitrogens with zero attached hydrogens (tertiary/aromatic N) is 1. The maximum atomic E-state index is 12.3. The van der Waals surface area contributed by atoms with Gasteiger partial charge in [0.2, 0.25) is 0 Å². The van der Waals surface area contributed by atoms with E-state index < -0.39 is 0 Å². The smallest absolute Gasteiger partial charge is 0.270 e. The molecule has 0 aliphatic rings. The Morgan fingerprint density at radius 1 is 0.962 bits per heavy atom. The molecular weight excluding hydrogens is 322 g/mol. The summed E-state index contributed by atoms with van der Waals surface area (Å²) in [4.78, 5) is 16.6. The summed E-state index contributed by atoms with van der Waals surface area (Å²) in [7, 11) is 0. The zero-order valence-electron chi connectivity index (χ0n) is 15.3. The molecule has 0 atom stereocenters. The van der Waals surface area contributed by atoms with Crippen molar-refractivity contribution in [1.82, 2.24) is 10.3 Å². The molecule has 4 nitrogen and oxygen atoms in total. The number of pyridine rings is 1. The van der Waals surface area contributed by atoms with Crippen LogP contribution in [0.25, 0.3) is 0 Å². The lowest BCUT2D eigenvalue weighted by atomic mass is 10.1. The van der Waals surface area contributed by atoms with Crippen LogP contribution in [0.2, 0.25) is 0 Å². The van der Waals surface area contributed by atoms with Crippen LogP contribution in [0.3, 0.4) is 0 Å². The summed E-state index contributed by atoms with van der Waals surface area (Å²) in [6.45, 7) is 6.64. The Hall–Kier alpha value is -3.14. The van der Waals surface area contributed by atoms with Gasteiger partial charge in [-0.2, -0.15) is 0 Å². The second-order valence-corrected chi connectivity index (χ2v) is 6.55. The molecule has 3 aromatic rings.